The molecule has 0 atom stereocenters. The van der Waals surface area contributed by atoms with Gasteiger partial charge in [0.15, 0.2) is 0 Å². The zero-order valence-electron chi connectivity index (χ0n) is 7.37. The highest BCUT2D eigenvalue weighted by molar-refractivity contribution is 5.46. The largest absolute Gasteiger partial charge is 0.268 e. The molecular weight excluding hydrogens is 150 g/mol. The van der Waals surface area contributed by atoms with E-state index in [2.05, 4.69) is 6.58 Å². The number of nitroso groups, excluding NO2 is 1. The lowest BCUT2D eigenvalue weighted by atomic mass is 10.1. The highest BCUT2D eigenvalue weighted by Gasteiger charge is 2.15. The highest BCUT2D eigenvalue weighted by Crippen LogP contribution is 2.22. The van der Waals surface area contributed by atoms with E-state index in [-0.39, 0.29) is 0 Å². The lowest BCUT2D eigenvalue weighted by Gasteiger charge is -1.96. The van der Waals surface area contributed by atoms with Gasteiger partial charge in [0.25, 0.3) is 5.69 Å². The smallest absolute Gasteiger partial charge is 0.0612 e. The van der Waals surface area contributed by atoms with E-state index in [0.29, 0.717) is 5.69 Å². The second kappa shape index (κ2) is 3.30. The average molecular weight is 162 g/mol. The van der Waals surface area contributed by atoms with Gasteiger partial charge in [0.05, 0.1) is 4.76 Å². The molecule has 0 aliphatic rings. The van der Waals surface area contributed by atoms with Crippen LogP contribution in [-0.4, -0.2) is 4.76 Å². The van der Waals surface area contributed by atoms with E-state index < -0.39 is 0 Å². The molecular formula is C10H12NO+. The Bertz CT molecular complexity index is 308. The third-order valence-electron chi connectivity index (χ3n) is 1.83. The van der Waals surface area contributed by atoms with Gasteiger partial charge < -0.3 is 0 Å². The SMILES string of the molecule is C=C[N+](=O)c1c(C)cccc1C. The molecule has 0 spiro atoms. The van der Waals surface area contributed by atoms with Gasteiger partial charge >= 0.3 is 0 Å². The third kappa shape index (κ3) is 1.42. The number of hydrogen-bond donors (Lipinski definition) is 0. The van der Waals surface area contributed by atoms with Gasteiger partial charge in [-0.1, -0.05) is 18.2 Å². The van der Waals surface area contributed by atoms with Crippen molar-refractivity contribution in [2.24, 2.45) is 0 Å². The Kier molecular flexibility index (Phi) is 2.38. The zero-order chi connectivity index (χ0) is 9.14. The second-order valence-electron chi connectivity index (χ2n) is 2.75. The van der Waals surface area contributed by atoms with Gasteiger partial charge in [-0.3, -0.25) is 0 Å². The summed E-state index contributed by atoms with van der Waals surface area (Å²) < 4.78 is 0.796. The van der Waals surface area contributed by atoms with Crippen LogP contribution in [0.2, 0.25) is 0 Å². The van der Waals surface area contributed by atoms with Crippen molar-refractivity contribution in [3.05, 3.63) is 47.0 Å². The molecule has 0 N–H and O–H groups in total. The molecule has 62 valence electrons. The topological polar surface area (TPSA) is 20.1 Å². The summed E-state index contributed by atoms with van der Waals surface area (Å²) in [5.74, 6) is 0. The molecule has 0 saturated carbocycles. The second-order valence-corrected chi connectivity index (χ2v) is 2.75. The minimum atomic E-state index is 0.701. The number of rotatable bonds is 2. The number of para-hydroxylation sites is 1. The van der Waals surface area contributed by atoms with Crippen molar-refractivity contribution >= 4 is 5.69 Å². The molecule has 0 fully saturated rings. The van der Waals surface area contributed by atoms with E-state index in [0.717, 1.165) is 15.9 Å². The fourth-order valence-electron chi connectivity index (χ4n) is 1.24. The standard InChI is InChI=1S/C10H12NO/c1-4-11(12)10-8(2)6-5-7-9(10)3/h4-7H,1H2,2-3H3/q+1. The maximum Gasteiger partial charge on any atom is 0.268 e. The van der Waals surface area contributed by atoms with Gasteiger partial charge in [0.2, 0.25) is 6.20 Å². The van der Waals surface area contributed by atoms with Crippen LogP contribution in [0.5, 0.6) is 0 Å². The van der Waals surface area contributed by atoms with Crippen molar-refractivity contribution in [3.8, 4) is 0 Å². The summed E-state index contributed by atoms with van der Waals surface area (Å²) in [6.45, 7) is 7.26. The molecule has 12 heavy (non-hydrogen) atoms. The van der Waals surface area contributed by atoms with Crippen LogP contribution in [0.4, 0.5) is 5.69 Å². The first-order valence-electron chi connectivity index (χ1n) is 3.82. The minimum Gasteiger partial charge on any atom is -0.0612 e. The summed E-state index contributed by atoms with van der Waals surface area (Å²) in [6.07, 6.45) is 1.27. The number of aryl methyl sites for hydroxylation is 2. The van der Waals surface area contributed by atoms with Crippen LogP contribution in [0, 0.1) is 18.8 Å². The summed E-state index contributed by atoms with van der Waals surface area (Å²) in [4.78, 5) is 11.3. The van der Waals surface area contributed by atoms with Crippen LogP contribution in [-0.2, 0) is 0 Å². The molecule has 1 aromatic rings. The van der Waals surface area contributed by atoms with E-state index in [4.69, 9.17) is 0 Å². The van der Waals surface area contributed by atoms with Crippen LogP contribution in [0.3, 0.4) is 0 Å². The Balaban J connectivity index is 3.30. The Hall–Kier alpha value is -1.44. The first-order valence-corrected chi connectivity index (χ1v) is 3.82. The lowest BCUT2D eigenvalue weighted by molar-refractivity contribution is -0.384. The maximum atomic E-state index is 11.3. The van der Waals surface area contributed by atoms with Crippen molar-refractivity contribution < 1.29 is 4.76 Å². The fraction of sp³-hybridized carbons (Fsp3) is 0.200. The molecule has 0 unspecified atom stereocenters. The van der Waals surface area contributed by atoms with E-state index >= 15 is 0 Å². The number of hydrogen-bond acceptors (Lipinski definition) is 1. The molecule has 0 saturated heterocycles. The summed E-state index contributed by atoms with van der Waals surface area (Å²) in [7, 11) is 0. The van der Waals surface area contributed by atoms with Crippen LogP contribution in [0.25, 0.3) is 0 Å². The summed E-state index contributed by atoms with van der Waals surface area (Å²) in [6, 6.07) is 5.76. The molecule has 0 amide bonds. The molecule has 1 aromatic carbocycles. The third-order valence-corrected chi connectivity index (χ3v) is 1.83. The Morgan fingerprint density at radius 1 is 1.33 bits per heavy atom. The quantitative estimate of drug-likeness (QED) is 0.612. The predicted octanol–water partition coefficient (Wildman–Crippen LogP) is 2.86. The minimum absolute atomic E-state index is 0.701. The lowest BCUT2D eigenvalue weighted by Crippen LogP contribution is -1.94. The molecule has 0 radical (unpaired) electrons. The summed E-state index contributed by atoms with van der Waals surface area (Å²) >= 11 is 0. The van der Waals surface area contributed by atoms with Crippen LogP contribution in [0.1, 0.15) is 11.1 Å². The molecule has 2 heteroatoms. The van der Waals surface area contributed by atoms with E-state index in [9.17, 15) is 4.91 Å². The number of benzene rings is 1. The molecule has 0 aromatic heterocycles. The van der Waals surface area contributed by atoms with E-state index in [1.165, 1.54) is 6.20 Å². The van der Waals surface area contributed by atoms with Gasteiger partial charge in [0.1, 0.15) is 0 Å². The Labute approximate surface area is 72.1 Å². The molecule has 0 heterocycles. The Morgan fingerprint density at radius 3 is 2.25 bits per heavy atom. The van der Waals surface area contributed by atoms with Gasteiger partial charge in [0, 0.05) is 16.0 Å². The fourth-order valence-corrected chi connectivity index (χ4v) is 1.24. The number of nitrogens with zero attached hydrogens (tertiary/aromatic N) is 1. The average Bonchev–Trinajstić information content (AvgIpc) is 2.03. The van der Waals surface area contributed by atoms with Crippen molar-refractivity contribution in [3.63, 3.8) is 0 Å². The summed E-state index contributed by atoms with van der Waals surface area (Å²) in [5, 5.41) is 0. The van der Waals surface area contributed by atoms with Crippen molar-refractivity contribution in [1.82, 2.24) is 0 Å². The van der Waals surface area contributed by atoms with Crippen molar-refractivity contribution in [1.29, 1.82) is 0 Å². The zero-order valence-corrected chi connectivity index (χ0v) is 7.37. The van der Waals surface area contributed by atoms with Crippen molar-refractivity contribution in [2.75, 3.05) is 0 Å². The molecule has 2 nitrogen and oxygen atoms in total. The molecule has 0 bridgehead atoms. The Morgan fingerprint density at radius 2 is 1.83 bits per heavy atom. The van der Waals surface area contributed by atoms with Crippen molar-refractivity contribution in [2.45, 2.75) is 13.8 Å². The highest BCUT2D eigenvalue weighted by atomic mass is 16.3. The van der Waals surface area contributed by atoms with Crippen LogP contribution in [0.15, 0.2) is 31.0 Å². The normalized spacial score (nSPS) is 9.50. The van der Waals surface area contributed by atoms with Gasteiger partial charge in [-0.2, -0.15) is 0 Å². The van der Waals surface area contributed by atoms with Crippen LogP contribution >= 0.6 is 0 Å². The molecule has 1 rings (SSSR count). The van der Waals surface area contributed by atoms with Gasteiger partial charge in [-0.05, 0) is 20.4 Å². The monoisotopic (exact) mass is 162 g/mol. The first kappa shape index (κ1) is 8.65. The predicted molar refractivity (Wildman–Crippen MR) is 49.4 cm³/mol. The van der Waals surface area contributed by atoms with Gasteiger partial charge in [-0.25, -0.2) is 0 Å². The van der Waals surface area contributed by atoms with Crippen LogP contribution < -0.4 is 0 Å². The first-order chi connectivity index (χ1) is 5.66. The van der Waals surface area contributed by atoms with E-state index in [1.807, 2.05) is 32.0 Å². The van der Waals surface area contributed by atoms with E-state index in [1.54, 1.807) is 0 Å². The van der Waals surface area contributed by atoms with Gasteiger partial charge in [-0.15, -0.1) is 0 Å². The molecule has 0 aliphatic carbocycles. The maximum absolute atomic E-state index is 11.3. The molecule has 0 aliphatic heterocycles. The summed E-state index contributed by atoms with van der Waals surface area (Å²) in [5.41, 5.74) is 2.65.